The number of hydrogen-bond acceptors (Lipinski definition) is 2. The standard InChI is InChI=1S/C8H15NO/c1-3-7(9)8(2)5-4-6-10-8/h3,7H,1,4-6,9H2,2H3. The van der Waals surface area contributed by atoms with Crippen molar-refractivity contribution >= 4 is 0 Å². The molecule has 10 heavy (non-hydrogen) atoms. The summed E-state index contributed by atoms with van der Waals surface area (Å²) >= 11 is 0. The van der Waals surface area contributed by atoms with E-state index in [4.69, 9.17) is 10.5 Å². The van der Waals surface area contributed by atoms with E-state index in [9.17, 15) is 0 Å². The summed E-state index contributed by atoms with van der Waals surface area (Å²) in [5, 5.41) is 0. The summed E-state index contributed by atoms with van der Waals surface area (Å²) in [7, 11) is 0. The van der Waals surface area contributed by atoms with Crippen LogP contribution in [-0.2, 0) is 4.74 Å². The molecular weight excluding hydrogens is 126 g/mol. The first-order chi connectivity index (χ1) is 4.69. The van der Waals surface area contributed by atoms with E-state index < -0.39 is 0 Å². The molecule has 2 N–H and O–H groups in total. The monoisotopic (exact) mass is 141 g/mol. The van der Waals surface area contributed by atoms with Crippen molar-refractivity contribution in [3.05, 3.63) is 12.7 Å². The fourth-order valence-corrected chi connectivity index (χ4v) is 1.31. The van der Waals surface area contributed by atoms with Gasteiger partial charge in [0.2, 0.25) is 0 Å². The van der Waals surface area contributed by atoms with E-state index in [0.29, 0.717) is 0 Å². The first-order valence-electron chi connectivity index (χ1n) is 3.71. The second kappa shape index (κ2) is 2.72. The zero-order chi connectivity index (χ0) is 7.61. The van der Waals surface area contributed by atoms with Crippen LogP contribution in [0.2, 0.25) is 0 Å². The lowest BCUT2D eigenvalue weighted by atomic mass is 9.94. The quantitative estimate of drug-likeness (QED) is 0.584. The Bertz CT molecular complexity index is 127. The van der Waals surface area contributed by atoms with Gasteiger partial charge in [-0.3, -0.25) is 0 Å². The molecule has 0 radical (unpaired) electrons. The summed E-state index contributed by atoms with van der Waals surface area (Å²) in [6, 6.07) is -0.0185. The number of ether oxygens (including phenoxy) is 1. The van der Waals surface area contributed by atoms with Crippen LogP contribution in [-0.4, -0.2) is 18.2 Å². The van der Waals surface area contributed by atoms with Crippen molar-refractivity contribution in [3.63, 3.8) is 0 Å². The fraction of sp³-hybridized carbons (Fsp3) is 0.750. The Labute approximate surface area is 62.1 Å². The van der Waals surface area contributed by atoms with E-state index in [-0.39, 0.29) is 11.6 Å². The van der Waals surface area contributed by atoms with Gasteiger partial charge in [-0.2, -0.15) is 0 Å². The van der Waals surface area contributed by atoms with E-state index in [0.717, 1.165) is 19.4 Å². The van der Waals surface area contributed by atoms with E-state index in [1.165, 1.54) is 0 Å². The first kappa shape index (κ1) is 7.76. The summed E-state index contributed by atoms with van der Waals surface area (Å²) in [5.41, 5.74) is 5.63. The Hall–Kier alpha value is -0.340. The van der Waals surface area contributed by atoms with Gasteiger partial charge in [0.25, 0.3) is 0 Å². The van der Waals surface area contributed by atoms with Gasteiger partial charge in [0.15, 0.2) is 0 Å². The van der Waals surface area contributed by atoms with Crippen molar-refractivity contribution in [2.45, 2.75) is 31.4 Å². The highest BCUT2D eigenvalue weighted by Crippen LogP contribution is 2.27. The van der Waals surface area contributed by atoms with Gasteiger partial charge in [-0.05, 0) is 19.8 Å². The molecule has 0 amide bonds. The van der Waals surface area contributed by atoms with Crippen LogP contribution < -0.4 is 5.73 Å². The minimum atomic E-state index is -0.137. The van der Waals surface area contributed by atoms with Crippen LogP contribution >= 0.6 is 0 Å². The molecule has 1 saturated heterocycles. The van der Waals surface area contributed by atoms with Crippen LogP contribution in [0.3, 0.4) is 0 Å². The molecule has 1 aliphatic heterocycles. The molecule has 0 aromatic rings. The Morgan fingerprint density at radius 1 is 1.80 bits per heavy atom. The topological polar surface area (TPSA) is 35.2 Å². The molecule has 1 heterocycles. The highest BCUT2D eigenvalue weighted by atomic mass is 16.5. The lowest BCUT2D eigenvalue weighted by Crippen LogP contribution is -2.43. The van der Waals surface area contributed by atoms with E-state index in [1.807, 2.05) is 6.92 Å². The number of rotatable bonds is 2. The molecule has 0 saturated carbocycles. The first-order valence-corrected chi connectivity index (χ1v) is 3.71. The van der Waals surface area contributed by atoms with Crippen LogP contribution in [0.1, 0.15) is 19.8 Å². The van der Waals surface area contributed by atoms with Crippen molar-refractivity contribution in [1.29, 1.82) is 0 Å². The highest BCUT2D eigenvalue weighted by Gasteiger charge is 2.34. The van der Waals surface area contributed by atoms with Crippen molar-refractivity contribution in [2.24, 2.45) is 5.73 Å². The van der Waals surface area contributed by atoms with Gasteiger partial charge < -0.3 is 10.5 Å². The molecule has 2 nitrogen and oxygen atoms in total. The second-order valence-electron chi connectivity index (χ2n) is 3.03. The summed E-state index contributed by atoms with van der Waals surface area (Å²) in [5.74, 6) is 0. The third kappa shape index (κ3) is 1.22. The molecule has 58 valence electrons. The molecule has 0 spiro atoms. The van der Waals surface area contributed by atoms with E-state index >= 15 is 0 Å². The van der Waals surface area contributed by atoms with Crippen LogP contribution in [0, 0.1) is 0 Å². The average molecular weight is 141 g/mol. The summed E-state index contributed by atoms with van der Waals surface area (Å²) in [4.78, 5) is 0. The lowest BCUT2D eigenvalue weighted by Gasteiger charge is -2.27. The summed E-state index contributed by atoms with van der Waals surface area (Å²) in [6.07, 6.45) is 3.93. The van der Waals surface area contributed by atoms with Gasteiger partial charge >= 0.3 is 0 Å². The average Bonchev–Trinajstić information content (AvgIpc) is 2.36. The third-order valence-corrected chi connectivity index (χ3v) is 2.21. The molecule has 0 aliphatic carbocycles. The normalized spacial score (nSPS) is 35.8. The molecule has 0 bridgehead atoms. The lowest BCUT2D eigenvalue weighted by molar-refractivity contribution is 0.0105. The van der Waals surface area contributed by atoms with E-state index in [1.54, 1.807) is 6.08 Å². The van der Waals surface area contributed by atoms with Crippen molar-refractivity contribution in [1.82, 2.24) is 0 Å². The van der Waals surface area contributed by atoms with Gasteiger partial charge in [-0.25, -0.2) is 0 Å². The van der Waals surface area contributed by atoms with Gasteiger partial charge in [-0.1, -0.05) is 6.08 Å². The predicted octanol–water partition coefficient (Wildman–Crippen LogP) is 1.07. The minimum Gasteiger partial charge on any atom is -0.373 e. The van der Waals surface area contributed by atoms with Crippen LogP contribution in [0.4, 0.5) is 0 Å². The maximum Gasteiger partial charge on any atom is 0.0841 e. The predicted molar refractivity (Wildman–Crippen MR) is 41.8 cm³/mol. The van der Waals surface area contributed by atoms with Gasteiger partial charge in [0, 0.05) is 6.61 Å². The molecule has 1 rings (SSSR count). The molecule has 0 aromatic carbocycles. The zero-order valence-electron chi connectivity index (χ0n) is 6.47. The Kier molecular flexibility index (Phi) is 2.11. The smallest absolute Gasteiger partial charge is 0.0841 e. The Morgan fingerprint density at radius 3 is 2.90 bits per heavy atom. The molecule has 2 heteroatoms. The van der Waals surface area contributed by atoms with Crippen LogP contribution in [0.15, 0.2) is 12.7 Å². The third-order valence-electron chi connectivity index (χ3n) is 2.21. The van der Waals surface area contributed by atoms with Crippen molar-refractivity contribution in [3.8, 4) is 0 Å². The van der Waals surface area contributed by atoms with Gasteiger partial charge in [0.1, 0.15) is 0 Å². The molecule has 1 fully saturated rings. The molecule has 1 aliphatic rings. The Morgan fingerprint density at radius 2 is 2.50 bits per heavy atom. The zero-order valence-corrected chi connectivity index (χ0v) is 6.47. The molecule has 0 aromatic heterocycles. The van der Waals surface area contributed by atoms with Crippen LogP contribution in [0.25, 0.3) is 0 Å². The summed E-state index contributed by atoms with van der Waals surface area (Å²) < 4.78 is 5.50. The second-order valence-corrected chi connectivity index (χ2v) is 3.03. The van der Waals surface area contributed by atoms with Crippen molar-refractivity contribution < 1.29 is 4.74 Å². The van der Waals surface area contributed by atoms with Crippen LogP contribution in [0.5, 0.6) is 0 Å². The molecular formula is C8H15NO. The maximum atomic E-state index is 5.77. The number of hydrogen-bond donors (Lipinski definition) is 1. The largest absolute Gasteiger partial charge is 0.373 e. The fourth-order valence-electron chi connectivity index (χ4n) is 1.31. The summed E-state index contributed by atoms with van der Waals surface area (Å²) in [6.45, 7) is 6.54. The number of nitrogens with two attached hydrogens (primary N) is 1. The minimum absolute atomic E-state index is 0.0185. The van der Waals surface area contributed by atoms with Gasteiger partial charge in [0.05, 0.1) is 11.6 Å². The highest BCUT2D eigenvalue weighted by molar-refractivity contribution is 4.99. The van der Waals surface area contributed by atoms with Crippen molar-refractivity contribution in [2.75, 3.05) is 6.61 Å². The molecule has 2 atom stereocenters. The van der Waals surface area contributed by atoms with E-state index in [2.05, 4.69) is 6.58 Å². The maximum absolute atomic E-state index is 5.77. The Balaban J connectivity index is 2.57. The SMILES string of the molecule is C=CC(N)C1(C)CCCO1. The molecule has 2 unspecified atom stereocenters. The van der Waals surface area contributed by atoms with Gasteiger partial charge in [-0.15, -0.1) is 6.58 Å².